The number of carbonyl (C=O) groups is 2. The molecule has 0 saturated carbocycles. The number of amides is 2. The average molecular weight is 565 g/mol. The summed E-state index contributed by atoms with van der Waals surface area (Å²) >= 11 is 15.6. The maximum Gasteiger partial charge on any atom is 0.244 e. The van der Waals surface area contributed by atoms with Crippen molar-refractivity contribution in [2.24, 2.45) is 0 Å². The first-order valence-electron chi connectivity index (χ1n) is 9.66. The molecule has 7 nitrogen and oxygen atoms in total. The minimum absolute atomic E-state index is 0.0126. The van der Waals surface area contributed by atoms with Crippen molar-refractivity contribution in [2.75, 3.05) is 24.2 Å². The lowest BCUT2D eigenvalue weighted by Gasteiger charge is -2.32. The zero-order chi connectivity index (χ0) is 24.1. The van der Waals surface area contributed by atoms with E-state index in [-0.39, 0.29) is 12.5 Å². The van der Waals surface area contributed by atoms with Gasteiger partial charge in [0.1, 0.15) is 12.6 Å². The van der Waals surface area contributed by atoms with Crippen LogP contribution in [0.4, 0.5) is 5.69 Å². The molecule has 0 aliphatic carbocycles. The SMILES string of the molecule is CC[C@@H](C(=O)NC)N(Cc1ccc(Cl)cc1Cl)C(=O)CN(c1ccc(Br)cc1)S(C)(=O)=O. The van der Waals surface area contributed by atoms with Crippen LogP contribution >= 0.6 is 39.1 Å². The van der Waals surface area contributed by atoms with Gasteiger partial charge in [-0.15, -0.1) is 0 Å². The monoisotopic (exact) mass is 563 g/mol. The molecule has 1 N–H and O–H groups in total. The molecule has 2 amide bonds. The van der Waals surface area contributed by atoms with Crippen molar-refractivity contribution >= 4 is 66.7 Å². The molecule has 0 aromatic heterocycles. The number of rotatable bonds is 9. The fraction of sp³-hybridized carbons (Fsp3) is 0.333. The van der Waals surface area contributed by atoms with Gasteiger partial charge in [-0.3, -0.25) is 13.9 Å². The van der Waals surface area contributed by atoms with Crippen LogP contribution in [0.15, 0.2) is 46.9 Å². The highest BCUT2D eigenvalue weighted by Crippen LogP contribution is 2.25. The average Bonchev–Trinajstić information content (AvgIpc) is 2.73. The Morgan fingerprint density at radius 2 is 1.75 bits per heavy atom. The van der Waals surface area contributed by atoms with Crippen molar-refractivity contribution in [3.05, 3.63) is 62.5 Å². The Balaban J connectivity index is 2.44. The topological polar surface area (TPSA) is 86.8 Å². The second-order valence-electron chi connectivity index (χ2n) is 7.04. The first kappa shape index (κ1) is 26.4. The van der Waals surface area contributed by atoms with Gasteiger partial charge in [-0.1, -0.05) is 52.1 Å². The second-order valence-corrected chi connectivity index (χ2v) is 10.7. The number of benzene rings is 2. The summed E-state index contributed by atoms with van der Waals surface area (Å²) in [5.74, 6) is -0.903. The van der Waals surface area contributed by atoms with E-state index in [9.17, 15) is 18.0 Å². The summed E-state index contributed by atoms with van der Waals surface area (Å²) in [6, 6.07) is 10.6. The molecule has 0 aliphatic heterocycles. The number of halogens is 3. The Morgan fingerprint density at radius 1 is 1.12 bits per heavy atom. The maximum absolute atomic E-state index is 13.4. The lowest BCUT2D eigenvalue weighted by Crippen LogP contribution is -2.51. The highest BCUT2D eigenvalue weighted by Gasteiger charge is 2.31. The quantitative estimate of drug-likeness (QED) is 0.497. The summed E-state index contributed by atoms with van der Waals surface area (Å²) in [4.78, 5) is 27.3. The lowest BCUT2D eigenvalue weighted by molar-refractivity contribution is -0.140. The van der Waals surface area contributed by atoms with Gasteiger partial charge in [-0.2, -0.15) is 0 Å². The van der Waals surface area contributed by atoms with E-state index in [1.807, 2.05) is 0 Å². The third kappa shape index (κ3) is 6.84. The summed E-state index contributed by atoms with van der Waals surface area (Å²) < 4.78 is 26.7. The second kappa shape index (κ2) is 11.4. The van der Waals surface area contributed by atoms with E-state index in [0.717, 1.165) is 15.0 Å². The standard InChI is InChI=1S/C21H24BrCl2N3O4S/c1-4-19(21(29)25-2)26(12-14-5-8-16(23)11-18(14)24)20(28)13-27(32(3,30)31)17-9-6-15(22)7-10-17/h5-11,19H,4,12-13H2,1-3H3,(H,25,29)/t19-/m0/s1. The van der Waals surface area contributed by atoms with E-state index in [1.165, 1.54) is 11.9 Å². The molecular weight excluding hydrogens is 541 g/mol. The number of hydrogen-bond acceptors (Lipinski definition) is 4. The summed E-state index contributed by atoms with van der Waals surface area (Å²) in [6.07, 6.45) is 1.35. The molecule has 0 radical (unpaired) electrons. The Labute approximate surface area is 206 Å². The number of sulfonamides is 1. The first-order valence-corrected chi connectivity index (χ1v) is 13.1. The fourth-order valence-corrected chi connectivity index (χ4v) is 4.72. The van der Waals surface area contributed by atoms with Crippen molar-refractivity contribution in [3.63, 3.8) is 0 Å². The molecule has 0 saturated heterocycles. The predicted molar refractivity (Wildman–Crippen MR) is 131 cm³/mol. The van der Waals surface area contributed by atoms with Gasteiger partial charge in [0.2, 0.25) is 21.8 Å². The van der Waals surface area contributed by atoms with Crippen LogP contribution in [0.25, 0.3) is 0 Å². The summed E-state index contributed by atoms with van der Waals surface area (Å²) in [5.41, 5.74) is 0.919. The number of hydrogen-bond donors (Lipinski definition) is 1. The van der Waals surface area contributed by atoms with Crippen LogP contribution in [0.2, 0.25) is 10.0 Å². The summed E-state index contributed by atoms with van der Waals surface area (Å²) in [7, 11) is -2.30. The molecule has 1 atom stereocenters. The van der Waals surface area contributed by atoms with Gasteiger partial charge in [-0.05, 0) is 48.4 Å². The molecule has 2 rings (SSSR count). The molecule has 0 spiro atoms. The Kier molecular flexibility index (Phi) is 9.39. The largest absolute Gasteiger partial charge is 0.357 e. The minimum Gasteiger partial charge on any atom is -0.357 e. The normalized spacial score (nSPS) is 12.2. The van der Waals surface area contributed by atoms with Gasteiger partial charge in [0.25, 0.3) is 0 Å². The molecule has 174 valence electrons. The molecule has 0 aliphatic rings. The zero-order valence-corrected chi connectivity index (χ0v) is 21.7. The van der Waals surface area contributed by atoms with Crippen molar-refractivity contribution < 1.29 is 18.0 Å². The predicted octanol–water partition coefficient (Wildman–Crippen LogP) is 4.08. The fourth-order valence-electron chi connectivity index (χ4n) is 3.14. The Morgan fingerprint density at radius 3 is 2.25 bits per heavy atom. The maximum atomic E-state index is 13.4. The Bertz CT molecular complexity index is 1080. The van der Waals surface area contributed by atoms with Crippen LogP contribution in [0.1, 0.15) is 18.9 Å². The summed E-state index contributed by atoms with van der Waals surface area (Å²) in [5, 5.41) is 3.34. The van der Waals surface area contributed by atoms with E-state index in [0.29, 0.717) is 27.7 Å². The van der Waals surface area contributed by atoms with Crippen molar-refractivity contribution in [3.8, 4) is 0 Å². The van der Waals surface area contributed by atoms with E-state index < -0.39 is 28.5 Å². The molecule has 0 unspecified atom stereocenters. The van der Waals surface area contributed by atoms with Gasteiger partial charge in [0.15, 0.2) is 0 Å². The number of carbonyl (C=O) groups excluding carboxylic acids is 2. The molecule has 2 aromatic rings. The number of nitrogens with one attached hydrogen (secondary N) is 1. The van der Waals surface area contributed by atoms with Gasteiger partial charge in [-0.25, -0.2) is 8.42 Å². The number of likely N-dealkylation sites (N-methyl/N-ethyl adjacent to an activating group) is 1. The van der Waals surface area contributed by atoms with Crippen LogP contribution < -0.4 is 9.62 Å². The third-order valence-corrected chi connectivity index (χ3v) is 7.04. The molecular formula is C21H24BrCl2N3O4S. The molecule has 2 aromatic carbocycles. The van der Waals surface area contributed by atoms with E-state index >= 15 is 0 Å². The van der Waals surface area contributed by atoms with Crippen LogP contribution in [-0.2, 0) is 26.2 Å². The van der Waals surface area contributed by atoms with Crippen LogP contribution in [0.3, 0.4) is 0 Å². The van der Waals surface area contributed by atoms with E-state index in [2.05, 4.69) is 21.2 Å². The van der Waals surface area contributed by atoms with Crippen LogP contribution in [0, 0.1) is 0 Å². The van der Waals surface area contributed by atoms with Gasteiger partial charge < -0.3 is 10.2 Å². The van der Waals surface area contributed by atoms with Crippen LogP contribution in [-0.4, -0.2) is 51.0 Å². The number of nitrogens with zero attached hydrogens (tertiary/aromatic N) is 2. The van der Waals surface area contributed by atoms with Crippen molar-refractivity contribution in [1.82, 2.24) is 10.2 Å². The molecule has 0 heterocycles. The molecule has 0 fully saturated rings. The van der Waals surface area contributed by atoms with Gasteiger partial charge in [0, 0.05) is 28.1 Å². The molecule has 11 heteroatoms. The van der Waals surface area contributed by atoms with Crippen molar-refractivity contribution in [2.45, 2.75) is 25.9 Å². The van der Waals surface area contributed by atoms with Crippen LogP contribution in [0.5, 0.6) is 0 Å². The van der Waals surface area contributed by atoms with E-state index in [4.69, 9.17) is 23.2 Å². The highest BCUT2D eigenvalue weighted by atomic mass is 79.9. The highest BCUT2D eigenvalue weighted by molar-refractivity contribution is 9.10. The molecule has 0 bridgehead atoms. The van der Waals surface area contributed by atoms with Gasteiger partial charge in [0.05, 0.1) is 11.9 Å². The summed E-state index contributed by atoms with van der Waals surface area (Å²) in [6.45, 7) is 1.31. The minimum atomic E-state index is -3.78. The smallest absolute Gasteiger partial charge is 0.244 e. The molecule has 32 heavy (non-hydrogen) atoms. The zero-order valence-electron chi connectivity index (χ0n) is 17.8. The number of anilines is 1. The lowest BCUT2D eigenvalue weighted by atomic mass is 10.1. The first-order chi connectivity index (χ1) is 15.0. The third-order valence-electron chi connectivity index (χ3n) is 4.78. The van der Waals surface area contributed by atoms with Gasteiger partial charge >= 0.3 is 0 Å². The Hall–Kier alpha value is -1.81. The van der Waals surface area contributed by atoms with E-state index in [1.54, 1.807) is 49.4 Å². The van der Waals surface area contributed by atoms with Crippen molar-refractivity contribution in [1.29, 1.82) is 0 Å².